The molecule has 2 rings (SSSR count). The Balaban J connectivity index is 2.53. The average Bonchev–Trinajstić information content (AvgIpc) is 2.42. The number of aromatic carboxylic acids is 1. The van der Waals surface area contributed by atoms with E-state index in [1.165, 1.54) is 6.07 Å². The molecule has 0 saturated heterocycles. The lowest BCUT2D eigenvalue weighted by atomic mass is 10.1. The van der Waals surface area contributed by atoms with Gasteiger partial charge < -0.3 is 9.67 Å². The molecule has 0 aromatic carbocycles. The monoisotopic (exact) mass is 207 g/mol. The van der Waals surface area contributed by atoms with E-state index in [2.05, 4.69) is 0 Å². The zero-order valence-corrected chi connectivity index (χ0v) is 8.40. The van der Waals surface area contributed by atoms with Gasteiger partial charge in [-0.15, -0.1) is 0 Å². The number of carboxylic acid groups (broad SMARTS) is 1. The summed E-state index contributed by atoms with van der Waals surface area (Å²) in [6, 6.07) is 2.83. The van der Waals surface area contributed by atoms with Crippen LogP contribution in [0.4, 0.5) is 0 Å². The average molecular weight is 207 g/mol. The summed E-state index contributed by atoms with van der Waals surface area (Å²) in [6.45, 7) is 0.716. The molecule has 2 heterocycles. The molecule has 0 bridgehead atoms. The van der Waals surface area contributed by atoms with Crippen molar-refractivity contribution >= 4 is 5.97 Å². The van der Waals surface area contributed by atoms with Crippen molar-refractivity contribution in [2.24, 2.45) is 0 Å². The van der Waals surface area contributed by atoms with Gasteiger partial charge in [-0.05, 0) is 25.3 Å². The van der Waals surface area contributed by atoms with Crippen LogP contribution in [0.2, 0.25) is 0 Å². The first-order valence-corrected chi connectivity index (χ1v) is 5.15. The number of carboxylic acids is 1. The molecule has 0 fully saturated rings. The summed E-state index contributed by atoms with van der Waals surface area (Å²) in [7, 11) is 0. The Hall–Kier alpha value is -1.58. The van der Waals surface area contributed by atoms with Crippen LogP contribution in [-0.4, -0.2) is 15.6 Å². The van der Waals surface area contributed by atoms with Crippen molar-refractivity contribution in [2.75, 3.05) is 0 Å². The summed E-state index contributed by atoms with van der Waals surface area (Å²) < 4.78 is 1.69. The maximum Gasteiger partial charge on any atom is 0.335 e. The molecule has 0 aliphatic carbocycles. The van der Waals surface area contributed by atoms with Crippen LogP contribution >= 0.6 is 0 Å². The summed E-state index contributed by atoms with van der Waals surface area (Å²) in [5.41, 5.74) is 0.775. The lowest BCUT2D eigenvalue weighted by Gasteiger charge is -2.09. The minimum Gasteiger partial charge on any atom is -0.478 e. The second kappa shape index (κ2) is 3.88. The molecule has 4 heteroatoms. The first-order chi connectivity index (χ1) is 7.18. The highest BCUT2D eigenvalue weighted by Crippen LogP contribution is 2.13. The number of hydrogen-bond donors (Lipinski definition) is 1. The molecule has 1 aromatic heterocycles. The predicted octanol–water partition coefficient (Wildman–Crippen LogP) is 1.27. The SMILES string of the molecule is O=C(O)c1cc2n(c(=O)c1)CCCCC2. The van der Waals surface area contributed by atoms with E-state index in [1.807, 2.05) is 0 Å². The van der Waals surface area contributed by atoms with E-state index < -0.39 is 5.97 Å². The minimum atomic E-state index is -1.03. The topological polar surface area (TPSA) is 59.3 Å². The largest absolute Gasteiger partial charge is 0.478 e. The van der Waals surface area contributed by atoms with Crippen LogP contribution < -0.4 is 5.56 Å². The molecule has 0 saturated carbocycles. The molecule has 0 unspecified atom stereocenters. The molecule has 1 aliphatic heterocycles. The quantitative estimate of drug-likeness (QED) is 0.754. The second-order valence-electron chi connectivity index (χ2n) is 3.84. The van der Waals surface area contributed by atoms with E-state index in [0.29, 0.717) is 6.54 Å². The fourth-order valence-electron chi connectivity index (χ4n) is 1.99. The molecule has 0 amide bonds. The van der Waals surface area contributed by atoms with E-state index in [9.17, 15) is 9.59 Å². The summed E-state index contributed by atoms with van der Waals surface area (Å²) in [5.74, 6) is -1.03. The maximum absolute atomic E-state index is 11.6. The number of carbonyl (C=O) groups is 1. The van der Waals surface area contributed by atoms with Gasteiger partial charge in [0.2, 0.25) is 0 Å². The third-order valence-corrected chi connectivity index (χ3v) is 2.78. The summed E-state index contributed by atoms with van der Waals surface area (Å²) in [4.78, 5) is 22.4. The van der Waals surface area contributed by atoms with E-state index in [-0.39, 0.29) is 11.1 Å². The number of nitrogens with zero attached hydrogens (tertiary/aromatic N) is 1. The molecule has 0 radical (unpaired) electrons. The third-order valence-electron chi connectivity index (χ3n) is 2.78. The Bertz CT molecular complexity index is 448. The molecular formula is C11H13NO3. The van der Waals surface area contributed by atoms with Crippen LogP contribution in [0, 0.1) is 0 Å². The number of hydrogen-bond acceptors (Lipinski definition) is 2. The fourth-order valence-corrected chi connectivity index (χ4v) is 1.99. The van der Waals surface area contributed by atoms with Crippen molar-refractivity contribution in [3.63, 3.8) is 0 Å². The predicted molar refractivity (Wildman–Crippen MR) is 55.2 cm³/mol. The van der Waals surface area contributed by atoms with Crippen LogP contribution in [0.3, 0.4) is 0 Å². The van der Waals surface area contributed by atoms with Gasteiger partial charge in [0.05, 0.1) is 5.56 Å². The highest BCUT2D eigenvalue weighted by atomic mass is 16.4. The smallest absolute Gasteiger partial charge is 0.335 e. The van der Waals surface area contributed by atoms with E-state index >= 15 is 0 Å². The van der Waals surface area contributed by atoms with E-state index in [4.69, 9.17) is 5.11 Å². The molecule has 80 valence electrons. The van der Waals surface area contributed by atoms with Crippen LogP contribution in [0.15, 0.2) is 16.9 Å². The van der Waals surface area contributed by atoms with Gasteiger partial charge in [-0.1, -0.05) is 6.42 Å². The van der Waals surface area contributed by atoms with Crippen LogP contribution in [0.25, 0.3) is 0 Å². The van der Waals surface area contributed by atoms with Gasteiger partial charge in [-0.3, -0.25) is 4.79 Å². The van der Waals surface area contributed by atoms with Gasteiger partial charge in [0.25, 0.3) is 5.56 Å². The Morgan fingerprint density at radius 3 is 2.80 bits per heavy atom. The van der Waals surface area contributed by atoms with Crippen molar-refractivity contribution in [1.82, 2.24) is 4.57 Å². The number of pyridine rings is 1. The number of aromatic nitrogens is 1. The van der Waals surface area contributed by atoms with Gasteiger partial charge in [-0.2, -0.15) is 0 Å². The molecular weight excluding hydrogens is 194 g/mol. The second-order valence-corrected chi connectivity index (χ2v) is 3.84. The molecule has 1 aliphatic rings. The van der Waals surface area contributed by atoms with Crippen molar-refractivity contribution in [3.8, 4) is 0 Å². The molecule has 15 heavy (non-hydrogen) atoms. The zero-order chi connectivity index (χ0) is 10.8. The first-order valence-electron chi connectivity index (χ1n) is 5.15. The van der Waals surface area contributed by atoms with Gasteiger partial charge >= 0.3 is 5.97 Å². The number of aryl methyl sites for hydroxylation is 1. The maximum atomic E-state index is 11.6. The summed E-state index contributed by atoms with van der Waals surface area (Å²) in [5, 5.41) is 8.83. The van der Waals surface area contributed by atoms with Crippen LogP contribution in [0.1, 0.15) is 35.3 Å². The van der Waals surface area contributed by atoms with E-state index in [0.717, 1.165) is 31.4 Å². The first kappa shape index (κ1) is 9.96. The fraction of sp³-hybridized carbons (Fsp3) is 0.455. The molecule has 4 nitrogen and oxygen atoms in total. The van der Waals surface area contributed by atoms with Gasteiger partial charge in [0.1, 0.15) is 0 Å². The number of fused-ring (bicyclic) bond motifs is 1. The third kappa shape index (κ3) is 1.93. The van der Waals surface area contributed by atoms with Gasteiger partial charge in [0, 0.05) is 18.3 Å². The Morgan fingerprint density at radius 2 is 2.07 bits per heavy atom. The van der Waals surface area contributed by atoms with Crippen LogP contribution in [-0.2, 0) is 13.0 Å². The highest BCUT2D eigenvalue weighted by molar-refractivity contribution is 5.87. The molecule has 0 spiro atoms. The van der Waals surface area contributed by atoms with Crippen LogP contribution in [0.5, 0.6) is 0 Å². The molecule has 1 aromatic rings. The Kier molecular flexibility index (Phi) is 2.58. The standard InChI is InChI=1S/C11H13NO3/c13-10-7-8(11(14)15)6-9-4-2-1-3-5-12(9)10/h6-7H,1-5H2,(H,14,15). The zero-order valence-electron chi connectivity index (χ0n) is 8.40. The summed E-state index contributed by atoms with van der Waals surface area (Å²) in [6.07, 6.45) is 3.93. The van der Waals surface area contributed by atoms with Crippen molar-refractivity contribution in [1.29, 1.82) is 0 Å². The van der Waals surface area contributed by atoms with Gasteiger partial charge in [0.15, 0.2) is 0 Å². The van der Waals surface area contributed by atoms with Crippen molar-refractivity contribution in [3.05, 3.63) is 33.7 Å². The molecule has 1 N–H and O–H groups in total. The Morgan fingerprint density at radius 1 is 1.27 bits per heavy atom. The minimum absolute atomic E-state index is 0.105. The van der Waals surface area contributed by atoms with Crippen molar-refractivity contribution < 1.29 is 9.90 Å². The normalized spacial score (nSPS) is 15.5. The highest BCUT2D eigenvalue weighted by Gasteiger charge is 2.12. The lowest BCUT2D eigenvalue weighted by Crippen LogP contribution is -2.23. The van der Waals surface area contributed by atoms with Crippen molar-refractivity contribution in [2.45, 2.75) is 32.2 Å². The van der Waals surface area contributed by atoms with E-state index in [1.54, 1.807) is 10.6 Å². The lowest BCUT2D eigenvalue weighted by molar-refractivity contribution is 0.0696. The Labute approximate surface area is 87.2 Å². The number of rotatable bonds is 1. The summed E-state index contributed by atoms with van der Waals surface area (Å²) >= 11 is 0. The van der Waals surface area contributed by atoms with Gasteiger partial charge in [-0.25, -0.2) is 4.79 Å². The molecule has 0 atom stereocenters.